The number of nitrogens with zero attached hydrogens (tertiary/aromatic N) is 3. The molecular weight excluding hydrogens is 582 g/mol. The molecule has 0 aliphatic carbocycles. The molecule has 1 aliphatic rings. The molecule has 1 saturated heterocycles. The van der Waals surface area contributed by atoms with Gasteiger partial charge < -0.3 is 14.6 Å². The molecule has 41 heavy (non-hydrogen) atoms. The Morgan fingerprint density at radius 3 is 2.51 bits per heavy atom. The van der Waals surface area contributed by atoms with Gasteiger partial charge in [0.2, 0.25) is 5.13 Å². The second kappa shape index (κ2) is 11.9. The van der Waals surface area contributed by atoms with Crippen LogP contribution in [0.3, 0.4) is 0 Å². The summed E-state index contributed by atoms with van der Waals surface area (Å²) < 4.78 is 11.5. The summed E-state index contributed by atoms with van der Waals surface area (Å²) in [6.45, 7) is 3.73. The van der Waals surface area contributed by atoms with Gasteiger partial charge in [0.05, 0.1) is 25.8 Å². The largest absolute Gasteiger partial charge is 0.507 e. The van der Waals surface area contributed by atoms with E-state index in [9.17, 15) is 14.7 Å². The number of ketones is 1. The summed E-state index contributed by atoms with van der Waals surface area (Å²) in [5.74, 6) is -0.435. The Balaban J connectivity index is 1.61. The number of aryl methyl sites for hydroxylation is 2. The van der Waals surface area contributed by atoms with Gasteiger partial charge in [0.1, 0.15) is 5.76 Å². The number of benzene rings is 3. The Hall–Kier alpha value is -3.86. The summed E-state index contributed by atoms with van der Waals surface area (Å²) >= 11 is 8.91. The van der Waals surface area contributed by atoms with Crippen molar-refractivity contribution in [2.75, 3.05) is 19.1 Å². The van der Waals surface area contributed by atoms with Gasteiger partial charge in [-0.05, 0) is 54.8 Å². The predicted octanol–water partition coefficient (Wildman–Crippen LogP) is 6.74. The quantitative estimate of drug-likeness (QED) is 0.0772. The average Bonchev–Trinajstić information content (AvgIpc) is 3.54. The maximum absolute atomic E-state index is 13.6. The highest BCUT2D eigenvalue weighted by Gasteiger charge is 2.48. The predicted molar refractivity (Wildman–Crippen MR) is 161 cm³/mol. The maximum atomic E-state index is 13.6. The van der Waals surface area contributed by atoms with Crippen molar-refractivity contribution in [2.24, 2.45) is 0 Å². The van der Waals surface area contributed by atoms with Crippen LogP contribution in [0.2, 0.25) is 5.02 Å². The topological polar surface area (TPSA) is 102 Å². The van der Waals surface area contributed by atoms with Crippen LogP contribution in [0.1, 0.15) is 33.9 Å². The molecule has 2 heterocycles. The van der Waals surface area contributed by atoms with Gasteiger partial charge in [0, 0.05) is 16.3 Å². The maximum Gasteiger partial charge on any atom is 0.301 e. The summed E-state index contributed by atoms with van der Waals surface area (Å²) in [5.41, 5.74) is 3.57. The van der Waals surface area contributed by atoms with Gasteiger partial charge in [0.25, 0.3) is 5.78 Å². The number of aliphatic hydroxyl groups is 1. The number of amides is 1. The third kappa shape index (κ3) is 5.55. The molecule has 0 radical (unpaired) electrons. The van der Waals surface area contributed by atoms with Crippen LogP contribution in [0.15, 0.2) is 70.6 Å². The number of halogens is 1. The van der Waals surface area contributed by atoms with E-state index in [0.29, 0.717) is 37.7 Å². The van der Waals surface area contributed by atoms with Crippen molar-refractivity contribution in [3.8, 4) is 11.5 Å². The Labute approximate surface area is 250 Å². The van der Waals surface area contributed by atoms with Crippen LogP contribution in [-0.2, 0) is 15.3 Å². The van der Waals surface area contributed by atoms with Gasteiger partial charge in [-0.25, -0.2) is 0 Å². The zero-order chi connectivity index (χ0) is 29.3. The van der Waals surface area contributed by atoms with Crippen molar-refractivity contribution >= 4 is 57.3 Å². The van der Waals surface area contributed by atoms with E-state index in [-0.39, 0.29) is 16.5 Å². The minimum Gasteiger partial charge on any atom is -0.507 e. The van der Waals surface area contributed by atoms with Crippen LogP contribution in [-0.4, -0.2) is 41.2 Å². The Morgan fingerprint density at radius 1 is 1.02 bits per heavy atom. The highest BCUT2D eigenvalue weighted by atomic mass is 35.5. The average molecular weight is 608 g/mol. The normalized spacial score (nSPS) is 16.3. The van der Waals surface area contributed by atoms with Crippen molar-refractivity contribution in [1.29, 1.82) is 0 Å². The van der Waals surface area contributed by atoms with Gasteiger partial charge in [-0.15, -0.1) is 10.2 Å². The van der Waals surface area contributed by atoms with E-state index in [4.69, 9.17) is 21.1 Å². The Kier molecular flexibility index (Phi) is 8.35. The number of methoxy groups -OCH3 is 2. The number of Topliss-reactive ketones (excluding diaryl/α,β-unsaturated/α-hetero) is 1. The lowest BCUT2D eigenvalue weighted by molar-refractivity contribution is -0.132. The number of hydrogen-bond donors (Lipinski definition) is 1. The number of rotatable bonds is 8. The molecule has 210 valence electrons. The molecule has 1 fully saturated rings. The SMILES string of the molecule is COc1ccc(C2/C(=C(\O)c3cc(C)ccc3C)C(=O)C(=O)N2c2nnc(SCc3ccccc3Cl)s2)cc1OC. The molecule has 1 unspecified atom stereocenters. The molecule has 1 N–H and O–H groups in total. The number of thioether (sulfide) groups is 1. The molecular formula is C30H26ClN3O5S2. The molecule has 1 aromatic heterocycles. The minimum atomic E-state index is -0.982. The smallest absolute Gasteiger partial charge is 0.301 e. The molecule has 0 spiro atoms. The second-order valence-corrected chi connectivity index (χ2v) is 11.9. The van der Waals surface area contributed by atoms with Gasteiger partial charge in [-0.1, -0.05) is 76.7 Å². The van der Waals surface area contributed by atoms with Crippen LogP contribution >= 0.6 is 34.7 Å². The third-order valence-electron chi connectivity index (χ3n) is 6.73. The van der Waals surface area contributed by atoms with E-state index in [1.807, 2.05) is 50.2 Å². The van der Waals surface area contributed by atoms with E-state index in [0.717, 1.165) is 16.7 Å². The Bertz CT molecular complexity index is 1690. The van der Waals surface area contributed by atoms with E-state index >= 15 is 0 Å². The van der Waals surface area contributed by atoms with Crippen molar-refractivity contribution in [3.63, 3.8) is 0 Å². The first kappa shape index (κ1) is 28.7. The highest BCUT2D eigenvalue weighted by molar-refractivity contribution is 8.00. The number of ether oxygens (including phenoxy) is 2. The van der Waals surface area contributed by atoms with Crippen LogP contribution in [0.25, 0.3) is 5.76 Å². The number of carbonyl (C=O) groups is 2. The van der Waals surface area contributed by atoms with Crippen molar-refractivity contribution in [3.05, 3.63) is 99.1 Å². The monoisotopic (exact) mass is 607 g/mol. The number of hydrogen-bond acceptors (Lipinski definition) is 9. The fraction of sp³-hybridized carbons (Fsp3) is 0.200. The molecule has 1 aliphatic heterocycles. The van der Waals surface area contributed by atoms with E-state index in [1.54, 1.807) is 24.3 Å². The molecule has 5 rings (SSSR count). The lowest BCUT2D eigenvalue weighted by Gasteiger charge is -2.23. The summed E-state index contributed by atoms with van der Waals surface area (Å²) in [6.07, 6.45) is 0. The van der Waals surface area contributed by atoms with Crippen LogP contribution < -0.4 is 14.4 Å². The standard InChI is InChI=1S/C30H26ClN3O5S2/c1-16-9-10-17(2)20(13-16)26(35)24-25(18-11-12-22(38-3)23(14-18)39-4)34(28(37)27(24)36)29-32-33-30(41-29)40-15-19-7-5-6-8-21(19)31/h5-14,25,35H,15H2,1-4H3/b26-24+. The highest BCUT2D eigenvalue weighted by Crippen LogP contribution is 2.46. The molecule has 1 amide bonds. The molecule has 4 aromatic rings. The van der Waals surface area contributed by atoms with E-state index in [2.05, 4.69) is 10.2 Å². The number of carbonyl (C=O) groups excluding carboxylic acids is 2. The second-order valence-electron chi connectivity index (χ2n) is 9.33. The molecule has 1 atom stereocenters. The van der Waals surface area contributed by atoms with E-state index in [1.165, 1.54) is 42.2 Å². The minimum absolute atomic E-state index is 0.0450. The van der Waals surface area contributed by atoms with Crippen LogP contribution in [0.5, 0.6) is 11.5 Å². The number of aromatic nitrogens is 2. The number of aliphatic hydroxyl groups excluding tert-OH is 1. The van der Waals surface area contributed by atoms with Gasteiger partial charge in [-0.2, -0.15) is 0 Å². The lowest BCUT2D eigenvalue weighted by atomic mass is 9.93. The van der Waals surface area contributed by atoms with Crippen LogP contribution in [0, 0.1) is 13.8 Å². The van der Waals surface area contributed by atoms with Crippen molar-refractivity contribution in [2.45, 2.75) is 30.0 Å². The van der Waals surface area contributed by atoms with Crippen molar-refractivity contribution < 1.29 is 24.2 Å². The van der Waals surface area contributed by atoms with Gasteiger partial charge >= 0.3 is 5.91 Å². The first-order valence-electron chi connectivity index (χ1n) is 12.5. The fourth-order valence-electron chi connectivity index (χ4n) is 4.62. The fourth-order valence-corrected chi connectivity index (χ4v) is 6.77. The third-order valence-corrected chi connectivity index (χ3v) is 9.20. The molecule has 3 aromatic carbocycles. The van der Waals surface area contributed by atoms with Gasteiger partial charge in [-0.3, -0.25) is 14.5 Å². The zero-order valence-electron chi connectivity index (χ0n) is 22.7. The summed E-state index contributed by atoms with van der Waals surface area (Å²) in [6, 6.07) is 17.2. The summed E-state index contributed by atoms with van der Waals surface area (Å²) in [5, 5.41) is 21.0. The first-order valence-corrected chi connectivity index (χ1v) is 14.7. The summed E-state index contributed by atoms with van der Waals surface area (Å²) in [7, 11) is 3.02. The molecule has 8 nitrogen and oxygen atoms in total. The van der Waals surface area contributed by atoms with Crippen molar-refractivity contribution in [1.82, 2.24) is 10.2 Å². The summed E-state index contributed by atoms with van der Waals surface area (Å²) in [4.78, 5) is 28.5. The number of anilines is 1. The molecule has 0 saturated carbocycles. The van der Waals surface area contributed by atoms with Crippen LogP contribution in [0.4, 0.5) is 5.13 Å². The first-order chi connectivity index (χ1) is 19.7. The zero-order valence-corrected chi connectivity index (χ0v) is 25.1. The van der Waals surface area contributed by atoms with Gasteiger partial charge in [0.15, 0.2) is 15.8 Å². The van der Waals surface area contributed by atoms with E-state index < -0.39 is 17.7 Å². The lowest BCUT2D eigenvalue weighted by Crippen LogP contribution is -2.29. The molecule has 0 bridgehead atoms. The molecule has 11 heteroatoms. The Morgan fingerprint density at radius 2 is 1.78 bits per heavy atom.